The molecule has 0 aromatic carbocycles. The molecule has 0 bridgehead atoms. The van der Waals surface area contributed by atoms with Gasteiger partial charge in [0, 0.05) is 44.0 Å². The Morgan fingerprint density at radius 3 is 2.70 bits per heavy atom. The summed E-state index contributed by atoms with van der Waals surface area (Å²) in [6.07, 6.45) is 5.46. The quantitative estimate of drug-likeness (QED) is 0.715. The minimum absolute atomic E-state index is 0.0266. The van der Waals surface area contributed by atoms with Crippen molar-refractivity contribution in [3.8, 4) is 0 Å². The third-order valence-electron chi connectivity index (χ3n) is 5.76. The molecule has 158 valence electrons. The second-order valence-corrected chi connectivity index (χ2v) is 7.75. The van der Waals surface area contributed by atoms with Crippen LogP contribution in [-0.2, 0) is 22.5 Å². The van der Waals surface area contributed by atoms with Gasteiger partial charge in [-0.2, -0.15) is 0 Å². The van der Waals surface area contributed by atoms with Gasteiger partial charge < -0.3 is 14.5 Å². The molecule has 8 nitrogen and oxygen atoms in total. The summed E-state index contributed by atoms with van der Waals surface area (Å²) in [4.78, 5) is 42.5. The Kier molecular flexibility index (Phi) is 5.92. The number of carbonyl (C=O) groups excluding carboxylic acids is 2. The number of anilines is 1. The van der Waals surface area contributed by atoms with Crippen molar-refractivity contribution < 1.29 is 14.3 Å². The Morgan fingerprint density at radius 1 is 1.20 bits per heavy atom. The minimum atomic E-state index is -0.105. The number of pyridine rings is 1. The first-order chi connectivity index (χ1) is 14.6. The Labute approximate surface area is 176 Å². The lowest BCUT2D eigenvalue weighted by atomic mass is 9.96. The smallest absolute Gasteiger partial charge is 0.309 e. The summed E-state index contributed by atoms with van der Waals surface area (Å²) in [5, 5.41) is 0. The monoisotopic (exact) mass is 409 g/mol. The molecule has 4 heterocycles. The van der Waals surface area contributed by atoms with Crippen LogP contribution in [0.25, 0.3) is 0 Å². The number of aromatic nitrogens is 3. The lowest BCUT2D eigenvalue weighted by Gasteiger charge is -2.36. The number of aryl methyl sites for hydroxylation is 1. The van der Waals surface area contributed by atoms with Crippen molar-refractivity contribution in [3.05, 3.63) is 47.2 Å². The minimum Gasteiger partial charge on any atom is -0.466 e. The molecule has 2 aliphatic rings. The van der Waals surface area contributed by atoms with E-state index in [2.05, 4.69) is 14.9 Å². The highest BCUT2D eigenvalue weighted by Gasteiger charge is 2.31. The SMILES string of the molecule is CCOC(=O)C1CCN(c2nc(C)nc3c2CN(C(=O)c2cccnc2)CC3)CC1. The summed E-state index contributed by atoms with van der Waals surface area (Å²) in [5.41, 5.74) is 2.62. The number of carbonyl (C=O) groups is 2. The van der Waals surface area contributed by atoms with Crippen molar-refractivity contribution in [1.82, 2.24) is 19.9 Å². The fourth-order valence-electron chi connectivity index (χ4n) is 4.21. The molecule has 2 aromatic rings. The molecule has 4 rings (SSSR count). The molecule has 1 fully saturated rings. The molecule has 0 radical (unpaired) electrons. The molecule has 1 saturated heterocycles. The number of ether oxygens (including phenoxy) is 1. The van der Waals surface area contributed by atoms with E-state index >= 15 is 0 Å². The topological polar surface area (TPSA) is 88.5 Å². The number of hydrogen-bond donors (Lipinski definition) is 0. The predicted molar refractivity (Wildman–Crippen MR) is 111 cm³/mol. The summed E-state index contributed by atoms with van der Waals surface area (Å²) in [6, 6.07) is 3.56. The lowest BCUT2D eigenvalue weighted by Crippen LogP contribution is -2.41. The van der Waals surface area contributed by atoms with Crippen molar-refractivity contribution in [2.24, 2.45) is 5.92 Å². The van der Waals surface area contributed by atoms with E-state index < -0.39 is 0 Å². The molecule has 0 N–H and O–H groups in total. The van der Waals surface area contributed by atoms with Gasteiger partial charge in [0.15, 0.2) is 0 Å². The summed E-state index contributed by atoms with van der Waals surface area (Å²) in [5.74, 6) is 1.45. The fraction of sp³-hybridized carbons (Fsp3) is 0.500. The highest BCUT2D eigenvalue weighted by Crippen LogP contribution is 2.30. The van der Waals surface area contributed by atoms with Crippen LogP contribution >= 0.6 is 0 Å². The average molecular weight is 409 g/mol. The van der Waals surface area contributed by atoms with E-state index in [-0.39, 0.29) is 17.8 Å². The predicted octanol–water partition coefficient (Wildman–Crippen LogP) is 2.16. The number of rotatable bonds is 4. The van der Waals surface area contributed by atoms with Gasteiger partial charge in [0.2, 0.25) is 0 Å². The highest BCUT2D eigenvalue weighted by atomic mass is 16.5. The van der Waals surface area contributed by atoms with Crippen LogP contribution in [0.1, 0.15) is 47.2 Å². The number of fused-ring (bicyclic) bond motifs is 1. The molecule has 2 aromatic heterocycles. The zero-order chi connectivity index (χ0) is 21.1. The van der Waals surface area contributed by atoms with Crippen LogP contribution in [0.15, 0.2) is 24.5 Å². The zero-order valence-corrected chi connectivity index (χ0v) is 17.5. The van der Waals surface area contributed by atoms with E-state index in [1.807, 2.05) is 18.7 Å². The molecule has 0 saturated carbocycles. The van der Waals surface area contributed by atoms with Crippen molar-refractivity contribution in [1.29, 1.82) is 0 Å². The van der Waals surface area contributed by atoms with Crippen LogP contribution in [0.5, 0.6) is 0 Å². The summed E-state index contributed by atoms with van der Waals surface area (Å²) in [6.45, 7) is 6.74. The number of nitrogens with zero attached hydrogens (tertiary/aromatic N) is 5. The van der Waals surface area contributed by atoms with E-state index in [1.54, 1.807) is 24.5 Å². The van der Waals surface area contributed by atoms with E-state index in [0.29, 0.717) is 31.7 Å². The van der Waals surface area contributed by atoms with Crippen LogP contribution < -0.4 is 4.90 Å². The number of piperidine rings is 1. The molecule has 0 unspecified atom stereocenters. The molecule has 0 spiro atoms. The number of esters is 1. The maximum absolute atomic E-state index is 12.9. The van der Waals surface area contributed by atoms with Gasteiger partial charge in [-0.3, -0.25) is 14.6 Å². The lowest BCUT2D eigenvalue weighted by molar-refractivity contribution is -0.148. The van der Waals surface area contributed by atoms with E-state index in [9.17, 15) is 9.59 Å². The summed E-state index contributed by atoms with van der Waals surface area (Å²) in [7, 11) is 0. The van der Waals surface area contributed by atoms with E-state index in [4.69, 9.17) is 9.72 Å². The van der Waals surface area contributed by atoms with Gasteiger partial charge in [-0.25, -0.2) is 9.97 Å². The highest BCUT2D eigenvalue weighted by molar-refractivity contribution is 5.94. The van der Waals surface area contributed by atoms with Crippen LogP contribution in [0.2, 0.25) is 0 Å². The van der Waals surface area contributed by atoms with E-state index in [0.717, 1.165) is 48.8 Å². The fourth-order valence-corrected chi connectivity index (χ4v) is 4.21. The standard InChI is InChI=1S/C22H27N5O3/c1-3-30-22(29)16-6-10-26(11-7-16)20-18-14-27(12-8-19(18)24-15(2)25-20)21(28)17-5-4-9-23-13-17/h4-5,9,13,16H,3,6-8,10-12,14H2,1-2H3. The Balaban J connectivity index is 1.53. The van der Waals surface area contributed by atoms with Crippen molar-refractivity contribution in [3.63, 3.8) is 0 Å². The van der Waals surface area contributed by atoms with Gasteiger partial charge >= 0.3 is 5.97 Å². The molecule has 0 atom stereocenters. The second-order valence-electron chi connectivity index (χ2n) is 7.75. The van der Waals surface area contributed by atoms with Gasteiger partial charge in [0.1, 0.15) is 11.6 Å². The maximum Gasteiger partial charge on any atom is 0.309 e. The van der Waals surface area contributed by atoms with Crippen LogP contribution in [-0.4, -0.2) is 58.0 Å². The zero-order valence-electron chi connectivity index (χ0n) is 17.5. The third-order valence-corrected chi connectivity index (χ3v) is 5.76. The molecule has 8 heteroatoms. The van der Waals surface area contributed by atoms with Crippen molar-refractivity contribution in [2.75, 3.05) is 31.1 Å². The number of hydrogen-bond acceptors (Lipinski definition) is 7. The van der Waals surface area contributed by atoms with Crippen LogP contribution in [0, 0.1) is 12.8 Å². The van der Waals surface area contributed by atoms with Crippen LogP contribution in [0.4, 0.5) is 5.82 Å². The van der Waals surface area contributed by atoms with Gasteiger partial charge in [0.25, 0.3) is 5.91 Å². The molecule has 2 aliphatic heterocycles. The Hall–Kier alpha value is -3.03. The molecule has 0 aliphatic carbocycles. The molecular weight excluding hydrogens is 382 g/mol. The van der Waals surface area contributed by atoms with Crippen molar-refractivity contribution >= 4 is 17.7 Å². The second kappa shape index (κ2) is 8.77. The summed E-state index contributed by atoms with van der Waals surface area (Å²) >= 11 is 0. The Morgan fingerprint density at radius 2 is 2.00 bits per heavy atom. The Bertz CT molecular complexity index is 926. The molecule has 1 amide bonds. The number of amides is 1. The average Bonchev–Trinajstić information content (AvgIpc) is 2.78. The van der Waals surface area contributed by atoms with Crippen LogP contribution in [0.3, 0.4) is 0 Å². The summed E-state index contributed by atoms with van der Waals surface area (Å²) < 4.78 is 5.18. The maximum atomic E-state index is 12.9. The first-order valence-electron chi connectivity index (χ1n) is 10.5. The first kappa shape index (κ1) is 20.3. The van der Waals surface area contributed by atoms with Crippen molar-refractivity contribution in [2.45, 2.75) is 39.7 Å². The van der Waals surface area contributed by atoms with Gasteiger partial charge in [0.05, 0.1) is 30.3 Å². The normalized spacial score (nSPS) is 16.9. The third kappa shape index (κ3) is 4.13. The van der Waals surface area contributed by atoms with Gasteiger partial charge in [-0.1, -0.05) is 0 Å². The first-order valence-corrected chi connectivity index (χ1v) is 10.5. The van der Waals surface area contributed by atoms with Gasteiger partial charge in [-0.05, 0) is 38.8 Å². The van der Waals surface area contributed by atoms with Gasteiger partial charge in [-0.15, -0.1) is 0 Å². The largest absolute Gasteiger partial charge is 0.466 e. The molecular formula is C22H27N5O3. The molecule has 30 heavy (non-hydrogen) atoms. The van der Waals surface area contributed by atoms with E-state index in [1.165, 1.54) is 0 Å².